The maximum atomic E-state index is 12.0. The van der Waals surface area contributed by atoms with Crippen molar-refractivity contribution in [2.24, 2.45) is 4.99 Å². The zero-order chi connectivity index (χ0) is 14.0. The lowest BCUT2D eigenvalue weighted by atomic mass is 10.2. The summed E-state index contributed by atoms with van der Waals surface area (Å²) in [5, 5.41) is 0.315. The number of nitrogens with one attached hydrogen (secondary N) is 2. The molecule has 1 aromatic carbocycles. The Kier molecular flexibility index (Phi) is 3.34. The number of amides is 3. The Hall–Kier alpha value is -2.22. The fourth-order valence-corrected chi connectivity index (χ4v) is 2.71. The quantitative estimate of drug-likeness (QED) is 0.837. The first-order valence-electron chi connectivity index (χ1n) is 5.36. The van der Waals surface area contributed by atoms with Crippen LogP contribution in [0.5, 0.6) is 0 Å². The highest BCUT2D eigenvalue weighted by atomic mass is 32.2. The lowest BCUT2D eigenvalue weighted by Crippen LogP contribution is -2.48. The topological polar surface area (TPSA) is 105 Å². The first-order chi connectivity index (χ1) is 8.88. The lowest BCUT2D eigenvalue weighted by Gasteiger charge is -2.16. The summed E-state index contributed by atoms with van der Waals surface area (Å²) in [6, 6.07) is 5.82. The summed E-state index contributed by atoms with van der Waals surface area (Å²) in [7, 11) is -3.99. The fourth-order valence-electron chi connectivity index (χ4n) is 1.57. The van der Waals surface area contributed by atoms with Gasteiger partial charge in [0.1, 0.15) is 0 Å². The van der Waals surface area contributed by atoms with Crippen LogP contribution in [0.25, 0.3) is 0 Å². The van der Waals surface area contributed by atoms with Gasteiger partial charge in [0.05, 0.1) is 0 Å². The number of urea groups is 1. The van der Waals surface area contributed by atoms with Crippen LogP contribution in [-0.4, -0.2) is 31.8 Å². The van der Waals surface area contributed by atoms with Crippen LogP contribution in [0.1, 0.15) is 5.56 Å². The van der Waals surface area contributed by atoms with E-state index in [-0.39, 0.29) is 0 Å². The summed E-state index contributed by atoms with van der Waals surface area (Å²) >= 11 is 0. The molecule has 8 heteroatoms. The van der Waals surface area contributed by atoms with Crippen molar-refractivity contribution in [3.8, 4) is 0 Å². The van der Waals surface area contributed by atoms with Gasteiger partial charge in [0.25, 0.3) is 5.91 Å². The van der Waals surface area contributed by atoms with Gasteiger partial charge >= 0.3 is 6.03 Å². The van der Waals surface area contributed by atoms with E-state index in [1.54, 1.807) is 18.2 Å². The number of imide groups is 1. The zero-order valence-corrected chi connectivity index (χ0v) is 10.8. The van der Waals surface area contributed by atoms with Crippen molar-refractivity contribution in [2.45, 2.75) is 12.2 Å². The molecule has 3 amide bonds. The van der Waals surface area contributed by atoms with Crippen LogP contribution in [0.2, 0.25) is 0 Å². The second-order valence-corrected chi connectivity index (χ2v) is 5.81. The van der Waals surface area contributed by atoms with Crippen molar-refractivity contribution in [1.29, 1.82) is 0 Å². The van der Waals surface area contributed by atoms with Crippen LogP contribution in [0, 0.1) is 6.92 Å². The molecule has 7 nitrogen and oxygen atoms in total. The standard InChI is InChI=1S/C11H11N3O4S/c1-7-3-2-4-8(5-7)14-19(17,18)9-6-12-11(16)13-10(9)15/h2-6,9,14H,1H3,(H,13,15,16). The molecule has 1 aliphatic heterocycles. The van der Waals surface area contributed by atoms with E-state index < -0.39 is 27.2 Å². The molecule has 0 saturated carbocycles. The molecule has 0 fully saturated rings. The van der Waals surface area contributed by atoms with Crippen molar-refractivity contribution >= 4 is 33.9 Å². The molecule has 0 bridgehead atoms. The maximum absolute atomic E-state index is 12.0. The molecular formula is C11H11N3O4S. The van der Waals surface area contributed by atoms with E-state index in [1.165, 1.54) is 0 Å². The van der Waals surface area contributed by atoms with Gasteiger partial charge in [-0.15, -0.1) is 0 Å². The van der Waals surface area contributed by atoms with Gasteiger partial charge in [-0.1, -0.05) is 12.1 Å². The van der Waals surface area contributed by atoms with E-state index >= 15 is 0 Å². The second kappa shape index (κ2) is 4.81. The van der Waals surface area contributed by atoms with E-state index in [0.717, 1.165) is 11.8 Å². The van der Waals surface area contributed by atoms with Gasteiger partial charge in [-0.25, -0.2) is 18.2 Å². The second-order valence-electron chi connectivity index (χ2n) is 4.01. The minimum atomic E-state index is -3.99. The van der Waals surface area contributed by atoms with Gasteiger partial charge < -0.3 is 0 Å². The summed E-state index contributed by atoms with van der Waals surface area (Å²) in [4.78, 5) is 25.5. The van der Waals surface area contributed by atoms with E-state index in [0.29, 0.717) is 5.69 Å². The van der Waals surface area contributed by atoms with Gasteiger partial charge in [0.2, 0.25) is 10.0 Å². The third kappa shape index (κ3) is 2.97. The summed E-state index contributed by atoms with van der Waals surface area (Å²) < 4.78 is 26.3. The molecule has 2 N–H and O–H groups in total. The van der Waals surface area contributed by atoms with Gasteiger partial charge in [0, 0.05) is 11.9 Å². The van der Waals surface area contributed by atoms with Crippen LogP contribution in [0.3, 0.4) is 0 Å². The number of hydrogen-bond acceptors (Lipinski definition) is 4. The smallest absolute Gasteiger partial charge is 0.283 e. The normalized spacial score (nSPS) is 19.1. The molecule has 1 aromatic rings. The largest absolute Gasteiger partial charge is 0.347 e. The Morgan fingerprint density at radius 1 is 1.32 bits per heavy atom. The number of sulfonamides is 1. The monoisotopic (exact) mass is 281 g/mol. The lowest BCUT2D eigenvalue weighted by molar-refractivity contribution is -0.118. The molecule has 0 radical (unpaired) electrons. The van der Waals surface area contributed by atoms with E-state index in [4.69, 9.17) is 0 Å². The highest BCUT2D eigenvalue weighted by Crippen LogP contribution is 2.14. The highest BCUT2D eigenvalue weighted by Gasteiger charge is 2.35. The molecule has 0 aliphatic carbocycles. The summed E-state index contributed by atoms with van der Waals surface area (Å²) in [6.07, 6.45) is 0.819. The molecule has 1 atom stereocenters. The molecule has 0 spiro atoms. The third-order valence-corrected chi connectivity index (χ3v) is 3.95. The number of nitrogens with zero attached hydrogens (tertiary/aromatic N) is 1. The highest BCUT2D eigenvalue weighted by molar-refractivity contribution is 7.94. The molecular weight excluding hydrogens is 270 g/mol. The SMILES string of the molecule is Cc1cccc(NS(=O)(=O)C2C=NC(=O)NC2=O)c1. The third-order valence-electron chi connectivity index (χ3n) is 2.43. The van der Waals surface area contributed by atoms with Crippen LogP contribution in [0.4, 0.5) is 10.5 Å². The van der Waals surface area contributed by atoms with Crippen molar-refractivity contribution in [3.63, 3.8) is 0 Å². The number of carbonyl (C=O) groups is 2. The average Bonchev–Trinajstić information content (AvgIpc) is 2.27. The van der Waals surface area contributed by atoms with Crippen LogP contribution >= 0.6 is 0 Å². The zero-order valence-electron chi connectivity index (χ0n) is 9.95. The number of aryl methyl sites for hydroxylation is 1. The summed E-state index contributed by atoms with van der Waals surface area (Å²) in [6.45, 7) is 1.81. The minimum absolute atomic E-state index is 0.345. The number of rotatable bonds is 3. The molecule has 0 saturated heterocycles. The predicted molar refractivity (Wildman–Crippen MR) is 69.5 cm³/mol. The Balaban J connectivity index is 2.26. The molecule has 1 unspecified atom stereocenters. The average molecular weight is 281 g/mol. The predicted octanol–water partition coefficient (Wildman–Crippen LogP) is 0.426. The molecule has 1 heterocycles. The Bertz CT molecular complexity index is 666. The van der Waals surface area contributed by atoms with E-state index in [2.05, 4.69) is 9.71 Å². The number of hydrogen-bond donors (Lipinski definition) is 2. The molecule has 100 valence electrons. The van der Waals surface area contributed by atoms with Crippen LogP contribution < -0.4 is 10.0 Å². The molecule has 0 aromatic heterocycles. The van der Waals surface area contributed by atoms with Crippen LogP contribution in [-0.2, 0) is 14.8 Å². The van der Waals surface area contributed by atoms with Crippen molar-refractivity contribution in [2.75, 3.05) is 4.72 Å². The first-order valence-corrected chi connectivity index (χ1v) is 6.90. The Morgan fingerprint density at radius 2 is 2.05 bits per heavy atom. The minimum Gasteiger partial charge on any atom is -0.283 e. The van der Waals surface area contributed by atoms with Gasteiger partial charge in [0.15, 0.2) is 5.25 Å². The Morgan fingerprint density at radius 3 is 2.68 bits per heavy atom. The van der Waals surface area contributed by atoms with E-state index in [1.807, 2.05) is 18.3 Å². The molecule has 19 heavy (non-hydrogen) atoms. The van der Waals surface area contributed by atoms with E-state index in [9.17, 15) is 18.0 Å². The number of carbonyl (C=O) groups excluding carboxylic acids is 2. The Labute approximate surface area is 109 Å². The first kappa shape index (κ1) is 13.2. The van der Waals surface area contributed by atoms with Gasteiger partial charge in [-0.05, 0) is 24.6 Å². The molecule has 1 aliphatic rings. The fraction of sp³-hybridized carbons (Fsp3) is 0.182. The van der Waals surface area contributed by atoms with Crippen molar-refractivity contribution in [3.05, 3.63) is 29.8 Å². The van der Waals surface area contributed by atoms with Gasteiger partial charge in [-0.3, -0.25) is 14.8 Å². The van der Waals surface area contributed by atoms with Crippen molar-refractivity contribution in [1.82, 2.24) is 5.32 Å². The van der Waals surface area contributed by atoms with Crippen molar-refractivity contribution < 1.29 is 18.0 Å². The van der Waals surface area contributed by atoms with Gasteiger partial charge in [-0.2, -0.15) is 0 Å². The maximum Gasteiger partial charge on any atom is 0.347 e. The number of aliphatic imine (C=N–C) groups is 1. The number of benzene rings is 1. The molecule has 2 rings (SSSR count). The summed E-state index contributed by atoms with van der Waals surface area (Å²) in [5.41, 5.74) is 1.22. The number of anilines is 1. The summed E-state index contributed by atoms with van der Waals surface area (Å²) in [5.74, 6) is -0.917. The van der Waals surface area contributed by atoms with Crippen LogP contribution in [0.15, 0.2) is 29.3 Å².